The molecular weight excluding hydrogens is 278 g/mol. The second kappa shape index (κ2) is 6.54. The van der Waals surface area contributed by atoms with Crippen molar-refractivity contribution in [2.45, 2.75) is 11.3 Å². The van der Waals surface area contributed by atoms with Gasteiger partial charge in [0, 0.05) is 5.75 Å². The van der Waals surface area contributed by atoms with Crippen LogP contribution in [-0.2, 0) is 0 Å². The number of benzene rings is 1. The van der Waals surface area contributed by atoms with Crippen LogP contribution in [0, 0.1) is 6.92 Å². The number of carboxylic acids is 1. The van der Waals surface area contributed by atoms with Crippen molar-refractivity contribution in [1.29, 1.82) is 0 Å². The molecule has 0 aliphatic carbocycles. The van der Waals surface area contributed by atoms with Gasteiger partial charge in [0.25, 0.3) is 0 Å². The number of thiazole rings is 1. The Kier molecular flexibility index (Phi) is 4.76. The van der Waals surface area contributed by atoms with Gasteiger partial charge in [-0.15, -0.1) is 11.3 Å². The van der Waals surface area contributed by atoms with Crippen LogP contribution in [0.5, 0.6) is 0 Å². The molecule has 0 radical (unpaired) electrons. The molecule has 98 valence electrons. The predicted molar refractivity (Wildman–Crippen MR) is 80.0 cm³/mol. The van der Waals surface area contributed by atoms with Crippen LogP contribution in [0.1, 0.15) is 20.9 Å². The Labute approximate surface area is 120 Å². The Balaban J connectivity index is 1.91. The normalized spacial score (nSPS) is 11.0. The first-order valence-electron chi connectivity index (χ1n) is 5.72. The molecule has 1 N–H and O–H groups in total. The molecule has 2 rings (SSSR count). The van der Waals surface area contributed by atoms with Gasteiger partial charge in [0.2, 0.25) is 0 Å². The summed E-state index contributed by atoms with van der Waals surface area (Å²) in [4.78, 5) is 15.5. The number of rotatable bonds is 5. The highest BCUT2D eigenvalue weighted by Gasteiger charge is 2.13. The van der Waals surface area contributed by atoms with E-state index >= 15 is 0 Å². The quantitative estimate of drug-likeness (QED) is 0.847. The van der Waals surface area contributed by atoms with Crippen molar-refractivity contribution in [3.63, 3.8) is 0 Å². The number of carbonyl (C=O) groups is 1. The molecule has 0 atom stereocenters. The Morgan fingerprint density at radius 2 is 2.16 bits per heavy atom. The smallest absolute Gasteiger partial charge is 0.347 e. The number of hydrogen-bond acceptors (Lipinski definition) is 4. The van der Waals surface area contributed by atoms with Crippen LogP contribution in [0.3, 0.4) is 0 Å². The summed E-state index contributed by atoms with van der Waals surface area (Å²) in [5, 5.41) is 8.95. The van der Waals surface area contributed by atoms with Gasteiger partial charge >= 0.3 is 5.97 Å². The fourth-order valence-electron chi connectivity index (χ4n) is 1.50. The lowest BCUT2D eigenvalue weighted by molar-refractivity contribution is 0.0701. The van der Waals surface area contributed by atoms with Crippen molar-refractivity contribution in [3.05, 3.63) is 52.5 Å². The highest BCUT2D eigenvalue weighted by Crippen LogP contribution is 2.27. The summed E-state index contributed by atoms with van der Waals surface area (Å²) in [6.45, 7) is 1.73. The van der Waals surface area contributed by atoms with E-state index in [-0.39, 0.29) is 0 Å². The van der Waals surface area contributed by atoms with Gasteiger partial charge in [0.1, 0.15) is 4.88 Å². The Morgan fingerprint density at radius 1 is 1.42 bits per heavy atom. The van der Waals surface area contributed by atoms with E-state index in [1.807, 2.05) is 36.4 Å². The topological polar surface area (TPSA) is 50.2 Å². The summed E-state index contributed by atoms with van der Waals surface area (Å²) in [5.74, 6) is -0.123. The second-order valence-electron chi connectivity index (χ2n) is 3.82. The zero-order valence-corrected chi connectivity index (χ0v) is 12.0. The molecular formula is C14H13NO2S2. The van der Waals surface area contributed by atoms with Gasteiger partial charge in [0.05, 0.1) is 5.69 Å². The first kappa shape index (κ1) is 13.8. The van der Waals surface area contributed by atoms with Crippen LogP contribution in [0.2, 0.25) is 0 Å². The third kappa shape index (κ3) is 3.94. The van der Waals surface area contributed by atoms with E-state index in [1.54, 1.807) is 18.7 Å². The molecule has 0 fully saturated rings. The molecule has 2 aromatic rings. The van der Waals surface area contributed by atoms with E-state index in [9.17, 15) is 4.79 Å². The van der Waals surface area contributed by atoms with E-state index in [4.69, 9.17) is 5.11 Å². The Morgan fingerprint density at radius 3 is 2.79 bits per heavy atom. The summed E-state index contributed by atoms with van der Waals surface area (Å²) in [6, 6.07) is 10.1. The lowest BCUT2D eigenvalue weighted by Gasteiger charge is -1.92. The van der Waals surface area contributed by atoms with Gasteiger partial charge < -0.3 is 5.11 Å². The van der Waals surface area contributed by atoms with Crippen molar-refractivity contribution < 1.29 is 9.90 Å². The van der Waals surface area contributed by atoms with Crippen LogP contribution in [0.15, 0.2) is 40.7 Å². The van der Waals surface area contributed by atoms with Crippen LogP contribution in [0.25, 0.3) is 6.08 Å². The maximum atomic E-state index is 10.9. The lowest BCUT2D eigenvalue weighted by Crippen LogP contribution is -1.94. The molecule has 0 aliphatic heterocycles. The van der Waals surface area contributed by atoms with E-state index < -0.39 is 5.97 Å². The summed E-state index contributed by atoms with van der Waals surface area (Å²) in [7, 11) is 0. The number of aryl methyl sites for hydroxylation is 1. The molecule has 1 aromatic heterocycles. The fraction of sp³-hybridized carbons (Fsp3) is 0.143. The van der Waals surface area contributed by atoms with E-state index in [2.05, 4.69) is 11.1 Å². The minimum atomic E-state index is -0.901. The molecule has 3 nitrogen and oxygen atoms in total. The Bertz CT molecular complexity index is 591. The molecule has 0 bridgehead atoms. The molecule has 0 amide bonds. The van der Waals surface area contributed by atoms with Crippen molar-refractivity contribution in [2.75, 3.05) is 5.75 Å². The highest BCUT2D eigenvalue weighted by atomic mass is 32.2. The van der Waals surface area contributed by atoms with Gasteiger partial charge in [-0.05, 0) is 12.5 Å². The van der Waals surface area contributed by atoms with Gasteiger partial charge in [-0.2, -0.15) is 0 Å². The number of aromatic carboxylic acids is 1. The monoisotopic (exact) mass is 291 g/mol. The lowest BCUT2D eigenvalue weighted by atomic mass is 10.2. The third-order valence-electron chi connectivity index (χ3n) is 2.38. The maximum Gasteiger partial charge on any atom is 0.347 e. The van der Waals surface area contributed by atoms with Crippen molar-refractivity contribution in [2.24, 2.45) is 0 Å². The number of nitrogens with zero attached hydrogens (tertiary/aromatic N) is 1. The molecule has 0 aliphatic rings. The second-order valence-corrected chi connectivity index (χ2v) is 6.09. The summed E-state index contributed by atoms with van der Waals surface area (Å²) in [6.07, 6.45) is 4.10. The van der Waals surface area contributed by atoms with Crippen LogP contribution in [0.4, 0.5) is 0 Å². The summed E-state index contributed by atoms with van der Waals surface area (Å²) in [5.41, 5.74) is 1.75. The molecule has 0 saturated carbocycles. The molecule has 0 saturated heterocycles. The van der Waals surface area contributed by atoms with Gasteiger partial charge in [-0.3, -0.25) is 0 Å². The minimum Gasteiger partial charge on any atom is -0.477 e. The molecule has 1 heterocycles. The number of thioether (sulfide) groups is 1. The van der Waals surface area contributed by atoms with Crippen LogP contribution < -0.4 is 0 Å². The highest BCUT2D eigenvalue weighted by molar-refractivity contribution is 8.01. The van der Waals surface area contributed by atoms with Crippen LogP contribution >= 0.6 is 23.1 Å². The van der Waals surface area contributed by atoms with Gasteiger partial charge in [-0.25, -0.2) is 9.78 Å². The molecule has 19 heavy (non-hydrogen) atoms. The van der Waals surface area contributed by atoms with E-state index in [0.717, 1.165) is 15.7 Å². The van der Waals surface area contributed by atoms with Crippen molar-refractivity contribution >= 4 is 35.1 Å². The Hall–Kier alpha value is -1.59. The first-order chi connectivity index (χ1) is 9.16. The number of hydrogen-bond donors (Lipinski definition) is 1. The zero-order valence-electron chi connectivity index (χ0n) is 10.4. The van der Waals surface area contributed by atoms with E-state index in [0.29, 0.717) is 10.6 Å². The maximum absolute atomic E-state index is 10.9. The van der Waals surface area contributed by atoms with Crippen LogP contribution in [-0.4, -0.2) is 21.8 Å². The largest absolute Gasteiger partial charge is 0.477 e. The van der Waals surface area contributed by atoms with Crippen molar-refractivity contribution in [3.8, 4) is 0 Å². The average molecular weight is 291 g/mol. The summed E-state index contributed by atoms with van der Waals surface area (Å²) >= 11 is 2.78. The third-order valence-corrected chi connectivity index (χ3v) is 4.63. The van der Waals surface area contributed by atoms with E-state index in [1.165, 1.54) is 11.3 Å². The SMILES string of the molecule is Cc1nc(SCC=Cc2ccccc2)sc1C(=O)O. The fourth-order valence-corrected chi connectivity index (χ4v) is 3.36. The average Bonchev–Trinajstić information content (AvgIpc) is 2.77. The number of aromatic nitrogens is 1. The first-order valence-corrected chi connectivity index (χ1v) is 7.52. The number of carboxylic acid groups (broad SMARTS) is 1. The molecule has 1 aromatic carbocycles. The molecule has 0 spiro atoms. The molecule has 0 unspecified atom stereocenters. The predicted octanol–water partition coefficient (Wildman–Crippen LogP) is 3.96. The molecule has 5 heteroatoms. The van der Waals surface area contributed by atoms with Gasteiger partial charge in [0.15, 0.2) is 4.34 Å². The minimum absolute atomic E-state index is 0.328. The van der Waals surface area contributed by atoms with Gasteiger partial charge in [-0.1, -0.05) is 54.2 Å². The standard InChI is InChI=1S/C14H13NO2S2/c1-10-12(13(16)17)19-14(15-10)18-9-5-8-11-6-3-2-4-7-11/h2-8H,9H2,1H3,(H,16,17). The van der Waals surface area contributed by atoms with Crippen molar-refractivity contribution in [1.82, 2.24) is 4.98 Å². The zero-order chi connectivity index (χ0) is 13.7. The summed E-state index contributed by atoms with van der Waals surface area (Å²) < 4.78 is 0.799.